The van der Waals surface area contributed by atoms with Crippen LogP contribution in [0.4, 0.5) is 5.69 Å². The third-order valence-electron chi connectivity index (χ3n) is 2.82. The van der Waals surface area contributed by atoms with Gasteiger partial charge >= 0.3 is 5.97 Å². The van der Waals surface area contributed by atoms with Crippen LogP contribution in [0.3, 0.4) is 0 Å². The zero-order valence-corrected chi connectivity index (χ0v) is 12.6. The van der Waals surface area contributed by atoms with Gasteiger partial charge in [-0.2, -0.15) is 0 Å². The predicted octanol–water partition coefficient (Wildman–Crippen LogP) is 3.34. The Morgan fingerprint density at radius 2 is 1.91 bits per heavy atom. The molecule has 0 aliphatic rings. The molecule has 22 heavy (non-hydrogen) atoms. The Kier molecular flexibility index (Phi) is 4.62. The molecule has 2 aromatic carbocycles. The van der Waals surface area contributed by atoms with Gasteiger partial charge in [-0.05, 0) is 45.8 Å². The van der Waals surface area contributed by atoms with Gasteiger partial charge in [-0.15, -0.1) is 0 Å². The lowest BCUT2D eigenvalue weighted by molar-refractivity contribution is -0.384. The number of nitro groups is 1. The van der Waals surface area contributed by atoms with Gasteiger partial charge in [0.15, 0.2) is 0 Å². The van der Waals surface area contributed by atoms with Crippen LogP contribution in [0.2, 0.25) is 0 Å². The van der Waals surface area contributed by atoms with Crippen LogP contribution in [0.1, 0.15) is 15.9 Å². The topological polar surface area (TPSA) is 110 Å². The summed E-state index contributed by atoms with van der Waals surface area (Å²) < 4.78 is 5.64. The number of non-ortho nitro benzene ring substituents is 1. The molecule has 0 radical (unpaired) electrons. The number of ether oxygens (including phenoxy) is 1. The molecule has 0 bridgehead atoms. The SMILES string of the molecule is O=C(O)c1cc(OCc2ccc([N+](=O)[O-])cc2)cc(Br)c1O. The van der Waals surface area contributed by atoms with Crippen LogP contribution in [-0.4, -0.2) is 21.1 Å². The fourth-order valence-electron chi connectivity index (χ4n) is 1.70. The number of halogens is 1. The zero-order chi connectivity index (χ0) is 16.3. The first-order valence-corrected chi connectivity index (χ1v) is 6.79. The van der Waals surface area contributed by atoms with Gasteiger partial charge in [0.25, 0.3) is 5.69 Å². The van der Waals surface area contributed by atoms with Crippen molar-refractivity contribution in [2.75, 3.05) is 0 Å². The molecule has 0 fully saturated rings. The standard InChI is InChI=1S/C14H10BrNO6/c15-12-6-10(5-11(13(12)17)14(18)19)22-7-8-1-3-9(4-2-8)16(20)21/h1-6,17H,7H2,(H,18,19). The largest absolute Gasteiger partial charge is 0.506 e. The average Bonchev–Trinajstić information content (AvgIpc) is 2.48. The summed E-state index contributed by atoms with van der Waals surface area (Å²) in [6.45, 7) is 0.105. The van der Waals surface area contributed by atoms with E-state index in [0.717, 1.165) is 0 Å². The van der Waals surface area contributed by atoms with Crippen molar-refractivity contribution in [2.45, 2.75) is 6.61 Å². The van der Waals surface area contributed by atoms with Crippen molar-refractivity contribution in [3.8, 4) is 11.5 Å². The Morgan fingerprint density at radius 1 is 1.27 bits per heavy atom. The van der Waals surface area contributed by atoms with E-state index in [1.807, 2.05) is 0 Å². The van der Waals surface area contributed by atoms with E-state index in [4.69, 9.17) is 9.84 Å². The summed E-state index contributed by atoms with van der Waals surface area (Å²) in [6.07, 6.45) is 0. The van der Waals surface area contributed by atoms with Gasteiger partial charge in [0, 0.05) is 12.1 Å². The first kappa shape index (κ1) is 15.8. The Bertz CT molecular complexity index is 729. The molecule has 0 heterocycles. The molecule has 0 aromatic heterocycles. The molecule has 0 unspecified atom stereocenters. The molecule has 0 atom stereocenters. The van der Waals surface area contributed by atoms with E-state index in [2.05, 4.69) is 15.9 Å². The van der Waals surface area contributed by atoms with Crippen molar-refractivity contribution < 1.29 is 24.7 Å². The first-order valence-electron chi connectivity index (χ1n) is 6.00. The smallest absolute Gasteiger partial charge is 0.339 e. The average molecular weight is 368 g/mol. The van der Waals surface area contributed by atoms with Crippen LogP contribution in [0.5, 0.6) is 11.5 Å². The molecule has 0 aliphatic heterocycles. The molecule has 2 N–H and O–H groups in total. The fraction of sp³-hybridized carbons (Fsp3) is 0.0714. The van der Waals surface area contributed by atoms with Crippen LogP contribution in [0, 0.1) is 10.1 Å². The second kappa shape index (κ2) is 6.44. The minimum Gasteiger partial charge on any atom is -0.506 e. The number of nitro benzene ring substituents is 1. The number of carbonyl (C=O) groups is 1. The van der Waals surface area contributed by atoms with E-state index in [0.29, 0.717) is 5.56 Å². The summed E-state index contributed by atoms with van der Waals surface area (Å²) in [7, 11) is 0. The highest BCUT2D eigenvalue weighted by atomic mass is 79.9. The fourth-order valence-corrected chi connectivity index (χ4v) is 2.14. The van der Waals surface area contributed by atoms with Gasteiger partial charge < -0.3 is 14.9 Å². The predicted molar refractivity (Wildman–Crippen MR) is 80.2 cm³/mol. The maximum atomic E-state index is 11.0. The lowest BCUT2D eigenvalue weighted by atomic mass is 10.2. The Morgan fingerprint density at radius 3 is 2.45 bits per heavy atom. The number of aromatic hydroxyl groups is 1. The van der Waals surface area contributed by atoms with E-state index in [-0.39, 0.29) is 33.8 Å². The molecule has 0 saturated carbocycles. The molecule has 0 saturated heterocycles. The normalized spacial score (nSPS) is 10.2. The van der Waals surface area contributed by atoms with E-state index in [1.165, 1.54) is 24.3 Å². The number of phenols is 1. The maximum Gasteiger partial charge on any atom is 0.339 e. The Labute approximate surface area is 133 Å². The lowest BCUT2D eigenvalue weighted by Gasteiger charge is -2.09. The molecule has 2 rings (SSSR count). The minimum absolute atomic E-state index is 0.0238. The summed E-state index contributed by atoms with van der Waals surface area (Å²) >= 11 is 3.05. The van der Waals surface area contributed by atoms with Crippen LogP contribution in [0.25, 0.3) is 0 Å². The van der Waals surface area contributed by atoms with Crippen LogP contribution in [0.15, 0.2) is 40.9 Å². The number of nitrogens with zero attached hydrogens (tertiary/aromatic N) is 1. The second-order valence-corrected chi connectivity index (χ2v) is 5.17. The van der Waals surface area contributed by atoms with Crippen LogP contribution >= 0.6 is 15.9 Å². The van der Waals surface area contributed by atoms with Crippen LogP contribution < -0.4 is 4.74 Å². The van der Waals surface area contributed by atoms with Gasteiger partial charge in [-0.1, -0.05) is 0 Å². The van der Waals surface area contributed by atoms with E-state index in [1.54, 1.807) is 12.1 Å². The number of carboxylic acid groups (broad SMARTS) is 1. The van der Waals surface area contributed by atoms with Gasteiger partial charge in [-0.25, -0.2) is 4.79 Å². The van der Waals surface area contributed by atoms with Gasteiger partial charge in [0.2, 0.25) is 0 Å². The van der Waals surface area contributed by atoms with Gasteiger partial charge in [0.05, 0.1) is 9.40 Å². The molecule has 0 amide bonds. The zero-order valence-electron chi connectivity index (χ0n) is 11.0. The number of rotatable bonds is 5. The molecule has 7 nitrogen and oxygen atoms in total. The maximum absolute atomic E-state index is 11.0. The van der Waals surface area contributed by atoms with E-state index >= 15 is 0 Å². The quantitative estimate of drug-likeness (QED) is 0.619. The van der Waals surface area contributed by atoms with Crippen molar-refractivity contribution in [2.24, 2.45) is 0 Å². The summed E-state index contributed by atoms with van der Waals surface area (Å²) in [5.74, 6) is -1.41. The first-order chi connectivity index (χ1) is 10.4. The summed E-state index contributed by atoms with van der Waals surface area (Å²) in [5, 5.41) is 29.1. The molecule has 2 aromatic rings. The summed E-state index contributed by atoms with van der Waals surface area (Å²) in [5.41, 5.74) is 0.379. The highest BCUT2D eigenvalue weighted by Gasteiger charge is 2.15. The molecule has 8 heteroatoms. The van der Waals surface area contributed by atoms with Crippen molar-refractivity contribution in [3.63, 3.8) is 0 Å². The van der Waals surface area contributed by atoms with Crippen molar-refractivity contribution >= 4 is 27.6 Å². The van der Waals surface area contributed by atoms with E-state index < -0.39 is 10.9 Å². The highest BCUT2D eigenvalue weighted by Crippen LogP contribution is 2.33. The molecule has 0 spiro atoms. The summed E-state index contributed by atoms with van der Waals surface area (Å²) in [4.78, 5) is 21.1. The second-order valence-electron chi connectivity index (χ2n) is 4.32. The number of aromatic carboxylic acids is 1. The van der Waals surface area contributed by atoms with Gasteiger partial charge in [0.1, 0.15) is 23.7 Å². The Balaban J connectivity index is 2.14. The van der Waals surface area contributed by atoms with Crippen molar-refractivity contribution in [1.29, 1.82) is 0 Å². The highest BCUT2D eigenvalue weighted by molar-refractivity contribution is 9.10. The number of benzene rings is 2. The number of hydrogen-bond donors (Lipinski definition) is 2. The van der Waals surface area contributed by atoms with Crippen molar-refractivity contribution in [3.05, 3.63) is 62.1 Å². The number of carboxylic acids is 1. The molecular weight excluding hydrogens is 358 g/mol. The molecule has 114 valence electrons. The Hall–Kier alpha value is -2.61. The third kappa shape index (κ3) is 3.53. The van der Waals surface area contributed by atoms with Crippen LogP contribution in [-0.2, 0) is 6.61 Å². The van der Waals surface area contributed by atoms with E-state index in [9.17, 15) is 20.0 Å². The molecule has 0 aliphatic carbocycles. The van der Waals surface area contributed by atoms with Gasteiger partial charge in [-0.3, -0.25) is 10.1 Å². The lowest BCUT2D eigenvalue weighted by Crippen LogP contribution is -2.00. The van der Waals surface area contributed by atoms with Crippen molar-refractivity contribution in [1.82, 2.24) is 0 Å². The third-order valence-corrected chi connectivity index (χ3v) is 3.42. The summed E-state index contributed by atoms with van der Waals surface area (Å²) in [6, 6.07) is 8.45. The minimum atomic E-state index is -1.28. The number of hydrogen-bond acceptors (Lipinski definition) is 5. The monoisotopic (exact) mass is 367 g/mol. The molecular formula is C14H10BrNO6.